The van der Waals surface area contributed by atoms with E-state index in [0.717, 1.165) is 0 Å². The third-order valence-electron chi connectivity index (χ3n) is 9.48. The summed E-state index contributed by atoms with van der Waals surface area (Å²) in [5.74, 6) is -59.8. The number of nitrogens with zero attached hydrogens (tertiary/aromatic N) is 4. The van der Waals surface area contributed by atoms with Crippen LogP contribution in [0.1, 0.15) is 0 Å². The maximum atomic E-state index is 16.3. The minimum absolute atomic E-state index is 1.93. The van der Waals surface area contributed by atoms with E-state index in [4.69, 9.17) is 0 Å². The number of rotatable bonds is 8. The highest BCUT2D eigenvalue weighted by atomic mass is 79.9. The van der Waals surface area contributed by atoms with Crippen molar-refractivity contribution in [2.75, 3.05) is 0 Å². The van der Waals surface area contributed by atoms with Crippen molar-refractivity contribution in [2.45, 2.75) is 72.1 Å². The van der Waals surface area contributed by atoms with Gasteiger partial charge in [0.25, 0.3) is 0 Å². The second kappa shape index (κ2) is 18.0. The van der Waals surface area contributed by atoms with Crippen LogP contribution in [0.4, 0.5) is 123 Å². The second-order valence-corrected chi connectivity index (χ2v) is 20.2. The molecule has 0 N–H and O–H groups in total. The number of hydrogen-bond donors (Lipinski definition) is 0. The van der Waals surface area contributed by atoms with Crippen molar-refractivity contribution in [3.63, 3.8) is 0 Å². The van der Waals surface area contributed by atoms with Crippen LogP contribution < -0.4 is 0 Å². The van der Waals surface area contributed by atoms with E-state index in [0.29, 0.717) is 0 Å². The molecule has 0 aromatic heterocycles. The molecule has 8 bridgehead atoms. The Hall–Kier alpha value is -1.52. The second-order valence-electron chi connectivity index (χ2n) is 13.8. The number of halogens is 36. The van der Waals surface area contributed by atoms with Gasteiger partial charge in [0.2, 0.25) is 0 Å². The molecule has 400 valence electrons. The van der Waals surface area contributed by atoms with Gasteiger partial charge in [-0.1, -0.05) is 0 Å². The van der Waals surface area contributed by atoms with Gasteiger partial charge >= 0.3 is 72.1 Å². The van der Waals surface area contributed by atoms with E-state index in [1.54, 1.807) is 0 Å². The predicted molar refractivity (Wildman–Crippen MR) is 221 cm³/mol. The van der Waals surface area contributed by atoms with Crippen LogP contribution in [0.3, 0.4) is 0 Å². The summed E-state index contributed by atoms with van der Waals surface area (Å²) in [4.78, 5) is 11.2. The van der Waals surface area contributed by atoms with Crippen molar-refractivity contribution in [2.24, 2.45) is 20.0 Å². The molecule has 72 heavy (non-hydrogen) atoms. The molecular weight excluding hydrogens is 1610 g/mol. The van der Waals surface area contributed by atoms with Gasteiger partial charge < -0.3 is 0 Å². The van der Waals surface area contributed by atoms with Gasteiger partial charge in [-0.05, 0) is 127 Å². The molecule has 5 aliphatic heterocycles. The Labute approximate surface area is 443 Å². The quantitative estimate of drug-likeness (QED) is 0.218. The lowest BCUT2D eigenvalue weighted by molar-refractivity contribution is -0.343. The number of allylic oxidation sites excluding steroid dienone is 12. The molecule has 5 rings (SSSR count). The fraction of sp³-hybridized carbons (Fsp3) is 0.375. The first-order valence-electron chi connectivity index (χ1n) is 16.6. The molecule has 40 heteroatoms. The third-order valence-corrected chi connectivity index (χ3v) is 17.8. The van der Waals surface area contributed by atoms with Crippen molar-refractivity contribution in [3.05, 3.63) is 80.9 Å². The van der Waals surface area contributed by atoms with Crippen LogP contribution in [-0.4, -0.2) is 94.9 Å². The van der Waals surface area contributed by atoms with E-state index in [2.05, 4.69) is 147 Å². The summed E-state index contributed by atoms with van der Waals surface area (Å²) in [6.45, 7) is 0. The summed E-state index contributed by atoms with van der Waals surface area (Å²) in [5.41, 5.74) is -34.4. The molecule has 0 spiro atoms. The van der Waals surface area contributed by atoms with E-state index in [-0.39, 0.29) is 0 Å². The van der Waals surface area contributed by atoms with Gasteiger partial charge in [-0.3, -0.25) is 0 Å². The lowest BCUT2D eigenvalue weighted by Crippen LogP contribution is -2.54. The maximum Gasteiger partial charge on any atom is 0.460 e. The van der Waals surface area contributed by atoms with Crippen LogP contribution in [0.2, 0.25) is 0 Å². The lowest BCUT2D eigenvalue weighted by Gasteiger charge is -2.31. The monoisotopic (exact) mass is 1600 g/mol. The third kappa shape index (κ3) is 8.59. The fourth-order valence-electron chi connectivity index (χ4n) is 5.97. The highest BCUT2D eigenvalue weighted by molar-refractivity contribution is 9.15. The van der Waals surface area contributed by atoms with Crippen LogP contribution in [0.15, 0.2) is 101 Å². The van der Waals surface area contributed by atoms with Crippen molar-refractivity contribution in [1.82, 2.24) is 0 Å². The van der Waals surface area contributed by atoms with Crippen molar-refractivity contribution in [3.8, 4) is 0 Å². The number of aliphatic imine (C=N–C) groups is 4. The lowest BCUT2D eigenvalue weighted by atomic mass is 9.94. The molecule has 5 aliphatic rings. The van der Waals surface area contributed by atoms with Gasteiger partial charge in [-0.2, -0.15) is 123 Å². The van der Waals surface area contributed by atoms with Gasteiger partial charge in [0.15, 0.2) is 0 Å². The normalized spacial score (nSPS) is 20.4. The van der Waals surface area contributed by atoms with Crippen molar-refractivity contribution < 1.29 is 123 Å². The smallest absolute Gasteiger partial charge is 0.245 e. The standard InChI is InChI=1S/C32Br8F28N4/c33-5-7(35)15-2(22(43,44)26(51,52)30(60,61)62)17-9(37)11(39)19(71-17)4(24(47,48)28(55,56)32(66,67)68)20-12(40)10(38)18(72-20)3(23(45,46)27(53,54)31(63,64)65)16-8(36)6(34)14(70-16)1(13(5)69-15)21(41,42)25(49,50)29(57,58)59. The Bertz CT molecular complexity index is 2490. The Balaban J connectivity index is 2.33. The zero-order chi connectivity index (χ0) is 56.4. The molecule has 4 nitrogen and oxygen atoms in total. The summed E-state index contributed by atoms with van der Waals surface area (Å²) < 4.78 is 403. The van der Waals surface area contributed by atoms with Crippen LogP contribution in [0.25, 0.3) is 0 Å². The average Bonchev–Trinajstić information content (AvgIpc) is 3.84. The van der Waals surface area contributed by atoms with Crippen molar-refractivity contribution in [1.29, 1.82) is 0 Å². The van der Waals surface area contributed by atoms with Gasteiger partial charge in [0, 0.05) is 0 Å². The first-order chi connectivity index (χ1) is 31.7. The summed E-state index contributed by atoms with van der Waals surface area (Å²) in [7, 11) is 0. The molecule has 5 heterocycles. The van der Waals surface area contributed by atoms with E-state index in [9.17, 15) is 52.7 Å². The van der Waals surface area contributed by atoms with E-state index < -0.39 is 176 Å². The molecule has 0 aromatic rings. The van der Waals surface area contributed by atoms with Gasteiger partial charge in [0.05, 0.1) is 104 Å². The Morgan fingerprint density at radius 1 is 0.208 bits per heavy atom. The first kappa shape index (κ1) is 61.3. The highest BCUT2D eigenvalue weighted by Crippen LogP contribution is 2.62. The van der Waals surface area contributed by atoms with Crippen LogP contribution in [-0.2, 0) is 0 Å². The maximum absolute atomic E-state index is 16.3. The highest BCUT2D eigenvalue weighted by Gasteiger charge is 2.80. The van der Waals surface area contributed by atoms with E-state index in [1.165, 1.54) is 0 Å². The molecule has 0 saturated carbocycles. The summed E-state index contributed by atoms with van der Waals surface area (Å²) in [5, 5.41) is 0. The van der Waals surface area contributed by atoms with Gasteiger partial charge in [0.1, 0.15) is 0 Å². The Morgan fingerprint density at radius 2 is 0.333 bits per heavy atom. The molecule has 0 unspecified atom stereocenters. The molecule has 0 aliphatic carbocycles. The number of hydrogen-bond acceptors (Lipinski definition) is 4. The predicted octanol–water partition coefficient (Wildman–Crippen LogP) is 18.2. The van der Waals surface area contributed by atoms with Crippen molar-refractivity contribution >= 4 is 150 Å². The zero-order valence-electron chi connectivity index (χ0n) is 31.4. The average molecular weight is 1610 g/mol. The summed E-state index contributed by atoms with van der Waals surface area (Å²) in [6, 6.07) is 0. The van der Waals surface area contributed by atoms with Gasteiger partial charge in [-0.15, -0.1) is 0 Å². The van der Waals surface area contributed by atoms with Crippen LogP contribution >= 0.6 is 127 Å². The number of fused-ring (bicyclic) bond motifs is 4. The molecule has 0 saturated heterocycles. The van der Waals surface area contributed by atoms with Gasteiger partial charge in [-0.25, -0.2) is 20.0 Å². The summed E-state index contributed by atoms with van der Waals surface area (Å²) in [6.07, 6.45) is -30.4. The Kier molecular flexibility index (Phi) is 15.3. The first-order valence-corrected chi connectivity index (χ1v) is 22.9. The zero-order valence-corrected chi connectivity index (χ0v) is 44.1. The topological polar surface area (TPSA) is 49.4 Å². The molecule has 0 radical (unpaired) electrons. The number of alkyl halides is 28. The van der Waals surface area contributed by atoms with E-state index >= 15 is 70.2 Å². The van der Waals surface area contributed by atoms with E-state index in [1.807, 2.05) is 0 Å². The molecular formula is C32Br8F28N4. The Morgan fingerprint density at radius 3 is 0.444 bits per heavy atom. The van der Waals surface area contributed by atoms with Crippen LogP contribution in [0, 0.1) is 0 Å². The minimum atomic E-state index is -7.67. The molecule has 0 amide bonds. The minimum Gasteiger partial charge on any atom is -0.245 e. The molecule has 0 fully saturated rings. The summed E-state index contributed by atoms with van der Waals surface area (Å²) >= 11 is 17.0. The molecule has 0 aromatic carbocycles. The molecule has 0 atom stereocenters. The SMILES string of the molecule is FC(F)(F)C(F)(F)C(F)(F)C1=C2N=C(C(Br)=C2Br)C(C(F)(F)C(F)(F)C(F)(F)F)=C2N=C(C(Br)=C2Br)C(C(F)(F)C(F)(F)C(F)(F)F)=C2N=C(C(Br)=C2Br)C(C(F)(F)C(F)(F)C(F)(F)F)=C2N=C1C(Br)=C2Br. The van der Waals surface area contributed by atoms with Crippen LogP contribution in [0.5, 0.6) is 0 Å². The largest absolute Gasteiger partial charge is 0.460 e. The fourth-order valence-corrected chi connectivity index (χ4v) is 9.77.